The lowest BCUT2D eigenvalue weighted by Gasteiger charge is -2.29. The summed E-state index contributed by atoms with van der Waals surface area (Å²) in [7, 11) is 0. The van der Waals surface area contributed by atoms with Crippen LogP contribution in [0.3, 0.4) is 0 Å². The number of aryl methyl sites for hydroxylation is 1. The fourth-order valence-corrected chi connectivity index (χ4v) is 4.02. The number of amides is 1. The van der Waals surface area contributed by atoms with Gasteiger partial charge in [-0.05, 0) is 51.7 Å². The van der Waals surface area contributed by atoms with Crippen LogP contribution in [0.2, 0.25) is 0 Å². The van der Waals surface area contributed by atoms with Gasteiger partial charge < -0.3 is 9.47 Å². The van der Waals surface area contributed by atoms with E-state index in [4.69, 9.17) is 0 Å². The predicted octanol–water partition coefficient (Wildman–Crippen LogP) is 3.95. The van der Waals surface area contributed by atoms with Crippen LogP contribution < -0.4 is 0 Å². The van der Waals surface area contributed by atoms with Crippen LogP contribution in [-0.4, -0.2) is 28.5 Å². The van der Waals surface area contributed by atoms with Crippen LogP contribution in [0.25, 0.3) is 10.9 Å². The molecule has 1 atom stereocenters. The molecule has 0 N–H and O–H groups in total. The van der Waals surface area contributed by atoms with E-state index < -0.39 is 0 Å². The highest BCUT2D eigenvalue weighted by molar-refractivity contribution is 5.94. The molecule has 0 spiro atoms. The average Bonchev–Trinajstić information content (AvgIpc) is 2.89. The van der Waals surface area contributed by atoms with E-state index in [-0.39, 0.29) is 5.92 Å². The Morgan fingerprint density at radius 3 is 2.64 bits per heavy atom. The zero-order valence-corrected chi connectivity index (χ0v) is 13.9. The molecule has 22 heavy (non-hydrogen) atoms. The maximum absolute atomic E-state index is 13.0. The summed E-state index contributed by atoms with van der Waals surface area (Å²) < 4.78 is 2.41. The first-order valence-corrected chi connectivity index (χ1v) is 8.61. The van der Waals surface area contributed by atoms with Crippen LogP contribution in [0, 0.1) is 0 Å². The number of likely N-dealkylation sites (N-methyl/N-ethyl adjacent to an activating group) is 1. The highest BCUT2D eigenvalue weighted by atomic mass is 16.2. The largest absolute Gasteiger partial charge is 0.345 e. The van der Waals surface area contributed by atoms with Crippen molar-refractivity contribution in [1.82, 2.24) is 9.47 Å². The van der Waals surface area contributed by atoms with E-state index in [1.54, 1.807) is 0 Å². The van der Waals surface area contributed by atoms with E-state index in [1.165, 1.54) is 22.2 Å². The SMILES string of the molecule is CCN(CC)C(=O)C1CCCc2c1c1ccccc1n2CC. The van der Waals surface area contributed by atoms with E-state index in [2.05, 4.69) is 49.6 Å². The van der Waals surface area contributed by atoms with Crippen molar-refractivity contribution in [3.05, 3.63) is 35.5 Å². The van der Waals surface area contributed by atoms with Gasteiger partial charge in [0.05, 0.1) is 5.92 Å². The second-order valence-corrected chi connectivity index (χ2v) is 6.08. The number of carbonyl (C=O) groups excluding carboxylic acids is 1. The Kier molecular flexibility index (Phi) is 4.23. The summed E-state index contributed by atoms with van der Waals surface area (Å²) in [4.78, 5) is 15.0. The number of aromatic nitrogens is 1. The van der Waals surface area contributed by atoms with E-state index in [0.717, 1.165) is 38.9 Å². The van der Waals surface area contributed by atoms with Crippen molar-refractivity contribution >= 4 is 16.8 Å². The number of rotatable bonds is 4. The first-order chi connectivity index (χ1) is 10.7. The number of carbonyl (C=O) groups is 1. The second kappa shape index (κ2) is 6.15. The van der Waals surface area contributed by atoms with Gasteiger partial charge in [-0.1, -0.05) is 18.2 Å². The van der Waals surface area contributed by atoms with E-state index >= 15 is 0 Å². The smallest absolute Gasteiger partial charge is 0.230 e. The minimum absolute atomic E-state index is 0.0429. The minimum Gasteiger partial charge on any atom is -0.345 e. The molecule has 1 heterocycles. The van der Waals surface area contributed by atoms with Crippen LogP contribution in [0.1, 0.15) is 50.8 Å². The van der Waals surface area contributed by atoms with Gasteiger partial charge >= 0.3 is 0 Å². The van der Waals surface area contributed by atoms with Crippen molar-refractivity contribution in [2.45, 2.75) is 52.5 Å². The Labute approximate surface area is 132 Å². The van der Waals surface area contributed by atoms with Crippen molar-refractivity contribution in [1.29, 1.82) is 0 Å². The molecular weight excluding hydrogens is 272 g/mol. The van der Waals surface area contributed by atoms with Gasteiger partial charge in [0, 0.05) is 36.2 Å². The molecule has 118 valence electrons. The van der Waals surface area contributed by atoms with Crippen LogP contribution in [0.15, 0.2) is 24.3 Å². The summed E-state index contributed by atoms with van der Waals surface area (Å²) in [5.41, 5.74) is 3.98. The summed E-state index contributed by atoms with van der Waals surface area (Å²) in [5.74, 6) is 0.353. The van der Waals surface area contributed by atoms with Crippen LogP contribution in [0.4, 0.5) is 0 Å². The van der Waals surface area contributed by atoms with Crippen LogP contribution >= 0.6 is 0 Å². The summed E-state index contributed by atoms with van der Waals surface area (Å²) in [6, 6.07) is 8.57. The number of fused-ring (bicyclic) bond motifs is 3. The third kappa shape index (κ3) is 2.23. The average molecular weight is 298 g/mol. The lowest BCUT2D eigenvalue weighted by molar-refractivity contribution is -0.132. The quantitative estimate of drug-likeness (QED) is 0.839. The van der Waals surface area contributed by atoms with Gasteiger partial charge in [0.1, 0.15) is 0 Å². The Balaban J connectivity index is 2.15. The molecule has 1 aliphatic rings. The van der Waals surface area contributed by atoms with Crippen molar-refractivity contribution in [3.8, 4) is 0 Å². The molecule has 3 heteroatoms. The Morgan fingerprint density at radius 2 is 1.95 bits per heavy atom. The molecule has 0 aliphatic heterocycles. The van der Waals surface area contributed by atoms with Gasteiger partial charge in [0.15, 0.2) is 0 Å². The molecule has 0 bridgehead atoms. The third-order valence-electron chi connectivity index (χ3n) is 5.07. The summed E-state index contributed by atoms with van der Waals surface area (Å²) >= 11 is 0. The summed E-state index contributed by atoms with van der Waals surface area (Å²) in [6.07, 6.45) is 3.20. The molecule has 3 rings (SSSR count). The van der Waals surface area contributed by atoms with Gasteiger partial charge in [-0.25, -0.2) is 0 Å². The fraction of sp³-hybridized carbons (Fsp3) is 0.526. The first kappa shape index (κ1) is 15.1. The van der Waals surface area contributed by atoms with Gasteiger partial charge in [-0.15, -0.1) is 0 Å². The molecule has 1 aromatic carbocycles. The Bertz CT molecular complexity index is 682. The zero-order valence-electron chi connectivity index (χ0n) is 13.9. The molecule has 1 aromatic heterocycles. The first-order valence-electron chi connectivity index (χ1n) is 8.61. The third-order valence-corrected chi connectivity index (χ3v) is 5.07. The summed E-state index contributed by atoms with van der Waals surface area (Å²) in [5, 5.41) is 1.28. The molecule has 0 saturated heterocycles. The van der Waals surface area contributed by atoms with Gasteiger partial charge in [0.2, 0.25) is 5.91 Å². The van der Waals surface area contributed by atoms with Crippen molar-refractivity contribution in [2.75, 3.05) is 13.1 Å². The maximum Gasteiger partial charge on any atom is 0.230 e. The van der Waals surface area contributed by atoms with Gasteiger partial charge in [-0.3, -0.25) is 4.79 Å². The lowest BCUT2D eigenvalue weighted by atomic mass is 9.84. The molecule has 0 fully saturated rings. The maximum atomic E-state index is 13.0. The number of para-hydroxylation sites is 1. The molecule has 3 nitrogen and oxygen atoms in total. The molecular formula is C19H26N2O. The normalized spacial score (nSPS) is 17.5. The number of hydrogen-bond acceptors (Lipinski definition) is 1. The zero-order chi connectivity index (χ0) is 15.7. The van der Waals surface area contributed by atoms with Crippen molar-refractivity contribution < 1.29 is 4.79 Å². The number of nitrogens with zero attached hydrogens (tertiary/aromatic N) is 2. The van der Waals surface area contributed by atoms with Crippen LogP contribution in [0.5, 0.6) is 0 Å². The number of hydrogen-bond donors (Lipinski definition) is 0. The van der Waals surface area contributed by atoms with Crippen molar-refractivity contribution in [2.24, 2.45) is 0 Å². The molecule has 0 radical (unpaired) electrons. The van der Waals surface area contributed by atoms with Crippen molar-refractivity contribution in [3.63, 3.8) is 0 Å². The lowest BCUT2D eigenvalue weighted by Crippen LogP contribution is -2.36. The Morgan fingerprint density at radius 1 is 1.23 bits per heavy atom. The van der Waals surface area contributed by atoms with E-state index in [9.17, 15) is 4.79 Å². The molecule has 1 aliphatic carbocycles. The van der Waals surface area contributed by atoms with Gasteiger partial charge in [0.25, 0.3) is 0 Å². The molecule has 2 aromatic rings. The Hall–Kier alpha value is -1.77. The minimum atomic E-state index is 0.0429. The van der Waals surface area contributed by atoms with E-state index in [0.29, 0.717) is 5.91 Å². The highest BCUT2D eigenvalue weighted by Gasteiger charge is 2.33. The van der Waals surface area contributed by atoms with E-state index in [1.807, 2.05) is 4.90 Å². The highest BCUT2D eigenvalue weighted by Crippen LogP contribution is 2.40. The second-order valence-electron chi connectivity index (χ2n) is 6.08. The fourth-order valence-electron chi connectivity index (χ4n) is 4.02. The van der Waals surface area contributed by atoms with Crippen LogP contribution in [-0.2, 0) is 17.8 Å². The molecule has 1 amide bonds. The predicted molar refractivity (Wildman–Crippen MR) is 91.2 cm³/mol. The monoisotopic (exact) mass is 298 g/mol. The summed E-state index contributed by atoms with van der Waals surface area (Å²) in [6.45, 7) is 8.91. The molecule has 0 saturated carbocycles. The van der Waals surface area contributed by atoms with Gasteiger partial charge in [-0.2, -0.15) is 0 Å². The topological polar surface area (TPSA) is 25.2 Å². The molecule has 1 unspecified atom stereocenters. The number of benzene rings is 1. The standard InChI is InChI=1S/C19H26N2O/c1-4-20(5-2)19(22)15-11-9-13-17-18(15)14-10-7-8-12-16(14)21(17)6-3/h7-8,10,12,15H,4-6,9,11,13H2,1-3H3.